The van der Waals surface area contributed by atoms with Gasteiger partial charge in [-0.1, -0.05) is 0 Å². The van der Waals surface area contributed by atoms with E-state index in [4.69, 9.17) is 5.73 Å². The third-order valence-electron chi connectivity index (χ3n) is 2.53. The maximum atomic E-state index is 11.5. The van der Waals surface area contributed by atoms with Gasteiger partial charge in [0.1, 0.15) is 11.1 Å². The van der Waals surface area contributed by atoms with Crippen molar-refractivity contribution in [1.82, 2.24) is 15.1 Å². The molecule has 7 nitrogen and oxygen atoms in total. The van der Waals surface area contributed by atoms with Crippen LogP contribution in [0.25, 0.3) is 0 Å². The summed E-state index contributed by atoms with van der Waals surface area (Å²) in [5, 5.41) is 5.35. The molecule has 0 saturated carbocycles. The monoisotopic (exact) mass is 260 g/mol. The molecule has 1 unspecified atom stereocenters. The lowest BCUT2D eigenvalue weighted by Gasteiger charge is -2.09. The van der Waals surface area contributed by atoms with Crippen LogP contribution in [-0.2, 0) is 28.2 Å². The average molecular weight is 260 g/mol. The number of aromatic nitrogens is 2. The van der Waals surface area contributed by atoms with Gasteiger partial charge in [0.2, 0.25) is 5.91 Å². The molecule has 1 atom stereocenters. The van der Waals surface area contributed by atoms with E-state index in [1.54, 1.807) is 7.05 Å². The SMILES string of the molecule is CC(C(=O)NCc1cnn(C)c1N)S(C)(=O)=O. The molecule has 17 heavy (non-hydrogen) atoms. The molecule has 0 aliphatic carbocycles. The maximum Gasteiger partial charge on any atom is 0.238 e. The summed E-state index contributed by atoms with van der Waals surface area (Å²) in [6.45, 7) is 1.51. The van der Waals surface area contributed by atoms with Crippen LogP contribution in [0.1, 0.15) is 12.5 Å². The number of hydrogen-bond acceptors (Lipinski definition) is 5. The van der Waals surface area contributed by atoms with Gasteiger partial charge in [-0.25, -0.2) is 8.42 Å². The van der Waals surface area contributed by atoms with Crippen molar-refractivity contribution in [3.8, 4) is 0 Å². The molecule has 0 fully saturated rings. The number of carbonyl (C=O) groups is 1. The maximum absolute atomic E-state index is 11.5. The van der Waals surface area contributed by atoms with Crippen molar-refractivity contribution >= 4 is 21.6 Å². The van der Waals surface area contributed by atoms with Crippen LogP contribution in [0.15, 0.2) is 6.20 Å². The van der Waals surface area contributed by atoms with Crippen LogP contribution < -0.4 is 11.1 Å². The van der Waals surface area contributed by atoms with Crippen molar-refractivity contribution in [2.24, 2.45) is 7.05 Å². The highest BCUT2D eigenvalue weighted by atomic mass is 32.2. The Kier molecular flexibility index (Phi) is 3.76. The Morgan fingerprint density at radius 3 is 2.65 bits per heavy atom. The average Bonchev–Trinajstić information content (AvgIpc) is 2.54. The van der Waals surface area contributed by atoms with Gasteiger partial charge in [0.25, 0.3) is 0 Å². The molecule has 1 rings (SSSR count). The first-order chi connectivity index (χ1) is 7.73. The number of carbonyl (C=O) groups excluding carboxylic acids is 1. The Morgan fingerprint density at radius 1 is 1.65 bits per heavy atom. The van der Waals surface area contributed by atoms with Gasteiger partial charge in [-0.15, -0.1) is 0 Å². The van der Waals surface area contributed by atoms with Crippen molar-refractivity contribution in [1.29, 1.82) is 0 Å². The highest BCUT2D eigenvalue weighted by Gasteiger charge is 2.23. The number of hydrogen-bond donors (Lipinski definition) is 2. The fourth-order valence-electron chi connectivity index (χ4n) is 1.15. The third kappa shape index (κ3) is 3.19. The van der Waals surface area contributed by atoms with Gasteiger partial charge in [0, 0.05) is 25.4 Å². The quantitative estimate of drug-likeness (QED) is 0.726. The van der Waals surface area contributed by atoms with Crippen molar-refractivity contribution in [2.45, 2.75) is 18.7 Å². The summed E-state index contributed by atoms with van der Waals surface area (Å²) in [4.78, 5) is 11.5. The van der Waals surface area contributed by atoms with Gasteiger partial charge in [-0.05, 0) is 6.92 Å². The normalized spacial score (nSPS) is 13.4. The fraction of sp³-hybridized carbons (Fsp3) is 0.556. The first-order valence-corrected chi connectivity index (χ1v) is 6.92. The summed E-state index contributed by atoms with van der Waals surface area (Å²) in [5.74, 6) is -0.104. The van der Waals surface area contributed by atoms with Crippen molar-refractivity contribution in [2.75, 3.05) is 12.0 Å². The predicted octanol–water partition coefficient (Wildman–Crippen LogP) is -0.948. The lowest BCUT2D eigenvalue weighted by atomic mass is 10.3. The molecular formula is C9H16N4O3S. The van der Waals surface area contributed by atoms with E-state index in [-0.39, 0.29) is 6.54 Å². The third-order valence-corrected chi connectivity index (χ3v) is 4.03. The number of nitrogens with zero attached hydrogens (tertiary/aromatic N) is 2. The smallest absolute Gasteiger partial charge is 0.238 e. The molecule has 0 aliphatic heterocycles. The first-order valence-electron chi connectivity index (χ1n) is 4.96. The number of anilines is 1. The zero-order valence-corrected chi connectivity index (χ0v) is 10.8. The summed E-state index contributed by atoms with van der Waals surface area (Å²) < 4.78 is 23.8. The fourth-order valence-corrected chi connectivity index (χ4v) is 1.62. The van der Waals surface area contributed by atoms with E-state index >= 15 is 0 Å². The Morgan fingerprint density at radius 2 is 2.24 bits per heavy atom. The molecule has 0 radical (unpaired) electrons. The minimum atomic E-state index is -3.38. The summed E-state index contributed by atoms with van der Waals surface area (Å²) in [5.41, 5.74) is 6.34. The number of nitrogen functional groups attached to an aromatic ring is 1. The standard InChI is InChI=1S/C9H16N4O3S/c1-6(17(3,15)16)9(14)11-4-7-5-12-13(2)8(7)10/h5-6H,4,10H2,1-3H3,(H,11,14). The summed E-state index contributed by atoms with van der Waals surface area (Å²) in [6.07, 6.45) is 2.55. The largest absolute Gasteiger partial charge is 0.384 e. The molecular weight excluding hydrogens is 244 g/mol. The molecule has 1 aromatic heterocycles. The van der Waals surface area contributed by atoms with Gasteiger partial charge in [0.15, 0.2) is 9.84 Å². The molecule has 8 heteroatoms. The van der Waals surface area contributed by atoms with Crippen LogP contribution in [0.2, 0.25) is 0 Å². The minimum absolute atomic E-state index is 0.165. The number of amides is 1. The molecule has 96 valence electrons. The molecule has 1 heterocycles. The lowest BCUT2D eigenvalue weighted by Crippen LogP contribution is -2.37. The molecule has 0 saturated heterocycles. The number of sulfone groups is 1. The van der Waals surface area contributed by atoms with E-state index in [1.165, 1.54) is 17.8 Å². The Balaban J connectivity index is 2.64. The minimum Gasteiger partial charge on any atom is -0.384 e. The van der Waals surface area contributed by atoms with E-state index in [2.05, 4.69) is 10.4 Å². The number of rotatable bonds is 4. The van der Waals surface area contributed by atoms with Crippen LogP contribution >= 0.6 is 0 Å². The lowest BCUT2D eigenvalue weighted by molar-refractivity contribution is -0.120. The summed E-state index contributed by atoms with van der Waals surface area (Å²) in [7, 11) is -1.70. The highest BCUT2D eigenvalue weighted by molar-refractivity contribution is 7.92. The van der Waals surface area contributed by atoms with Gasteiger partial charge < -0.3 is 11.1 Å². The second-order valence-corrected chi connectivity index (χ2v) is 6.23. The zero-order valence-electron chi connectivity index (χ0n) is 9.97. The molecule has 1 amide bonds. The van der Waals surface area contributed by atoms with Crippen molar-refractivity contribution in [3.63, 3.8) is 0 Å². The summed E-state index contributed by atoms with van der Waals surface area (Å²) >= 11 is 0. The Hall–Kier alpha value is -1.57. The number of nitrogens with one attached hydrogen (secondary N) is 1. The van der Waals surface area contributed by atoms with Crippen LogP contribution in [0, 0.1) is 0 Å². The Bertz CT molecular complexity index is 520. The van der Waals surface area contributed by atoms with E-state index in [9.17, 15) is 13.2 Å². The van der Waals surface area contributed by atoms with Crippen molar-refractivity contribution < 1.29 is 13.2 Å². The second-order valence-electron chi connectivity index (χ2n) is 3.87. The van der Waals surface area contributed by atoms with Crippen LogP contribution in [0.3, 0.4) is 0 Å². The van der Waals surface area contributed by atoms with E-state index in [1.807, 2.05) is 0 Å². The predicted molar refractivity (Wildman–Crippen MR) is 63.8 cm³/mol. The molecule has 0 bridgehead atoms. The number of nitrogens with two attached hydrogens (primary N) is 1. The van der Waals surface area contributed by atoms with Crippen molar-refractivity contribution in [3.05, 3.63) is 11.8 Å². The van der Waals surface area contributed by atoms with Crippen LogP contribution in [-0.4, -0.2) is 35.6 Å². The molecule has 0 aromatic carbocycles. The molecule has 1 aromatic rings. The zero-order chi connectivity index (χ0) is 13.2. The van der Waals surface area contributed by atoms with Crippen LogP contribution in [0.4, 0.5) is 5.82 Å². The van der Waals surface area contributed by atoms with Gasteiger partial charge in [-0.2, -0.15) is 5.10 Å². The molecule has 3 N–H and O–H groups in total. The van der Waals surface area contributed by atoms with Gasteiger partial charge >= 0.3 is 0 Å². The number of aryl methyl sites for hydroxylation is 1. The molecule has 0 aliphatic rings. The topological polar surface area (TPSA) is 107 Å². The van der Waals surface area contributed by atoms with Gasteiger partial charge in [0.05, 0.1) is 6.20 Å². The van der Waals surface area contributed by atoms with E-state index in [0.717, 1.165) is 6.26 Å². The van der Waals surface area contributed by atoms with E-state index in [0.29, 0.717) is 11.4 Å². The first kappa shape index (κ1) is 13.5. The van der Waals surface area contributed by atoms with Crippen LogP contribution in [0.5, 0.6) is 0 Å². The molecule has 0 spiro atoms. The second kappa shape index (κ2) is 4.74. The van der Waals surface area contributed by atoms with E-state index < -0.39 is 21.0 Å². The summed E-state index contributed by atoms with van der Waals surface area (Å²) in [6, 6.07) is 0. The Labute approximate surface area is 99.9 Å². The van der Waals surface area contributed by atoms with Gasteiger partial charge in [-0.3, -0.25) is 9.48 Å². The highest BCUT2D eigenvalue weighted by Crippen LogP contribution is 2.08.